The number of nitrogens with one attached hydrogen (secondary N) is 2. The first-order chi connectivity index (χ1) is 12.8. The molecular formula is C20H24N4O3. The first-order valence-electron chi connectivity index (χ1n) is 9.04. The number of benzene rings is 1. The molecule has 1 atom stereocenters. The van der Waals surface area contributed by atoms with Crippen molar-refractivity contribution in [1.29, 1.82) is 0 Å². The van der Waals surface area contributed by atoms with Crippen molar-refractivity contribution in [3.63, 3.8) is 0 Å². The molecule has 2 amide bonds. The Morgan fingerprint density at radius 1 is 1.07 bits per heavy atom. The number of ether oxygens (including phenoxy) is 1. The fraction of sp³-hybridized carbons (Fsp3) is 0.400. The number of aromatic nitrogens is 2. The Labute approximate surface area is 158 Å². The number of aryl methyl sites for hydroxylation is 2. The third kappa shape index (κ3) is 4.61. The molecule has 0 saturated heterocycles. The van der Waals surface area contributed by atoms with Crippen LogP contribution in [0.15, 0.2) is 24.3 Å². The van der Waals surface area contributed by atoms with Gasteiger partial charge in [0.1, 0.15) is 11.9 Å². The van der Waals surface area contributed by atoms with Crippen LogP contribution >= 0.6 is 0 Å². The Kier molecular flexibility index (Phi) is 5.39. The molecule has 0 radical (unpaired) electrons. The second-order valence-electron chi connectivity index (χ2n) is 6.89. The van der Waals surface area contributed by atoms with Gasteiger partial charge in [0.05, 0.1) is 0 Å². The van der Waals surface area contributed by atoms with E-state index < -0.39 is 0 Å². The highest BCUT2D eigenvalue weighted by Gasteiger charge is 2.29. The van der Waals surface area contributed by atoms with Crippen molar-refractivity contribution in [3.05, 3.63) is 52.5 Å². The molecule has 1 aliphatic rings. The average Bonchev–Trinajstić information content (AvgIpc) is 3.48. The molecule has 1 heterocycles. The summed E-state index contributed by atoms with van der Waals surface area (Å²) in [4.78, 5) is 32.4. The molecule has 1 aromatic carbocycles. The summed E-state index contributed by atoms with van der Waals surface area (Å²) < 4.78 is 6.00. The molecule has 7 heteroatoms. The SMILES string of the molecule is Cc1nc(C)c(C)c(O[C@@H](C)c2ccc(C(=O)NNC(=O)C3CC3)cc2)n1. The number of hydrazine groups is 1. The summed E-state index contributed by atoms with van der Waals surface area (Å²) in [6.07, 6.45) is 1.54. The maximum atomic E-state index is 12.1. The van der Waals surface area contributed by atoms with Crippen molar-refractivity contribution < 1.29 is 14.3 Å². The summed E-state index contributed by atoms with van der Waals surface area (Å²) >= 11 is 0. The van der Waals surface area contributed by atoms with Gasteiger partial charge in [-0.1, -0.05) is 12.1 Å². The van der Waals surface area contributed by atoms with E-state index >= 15 is 0 Å². The highest BCUT2D eigenvalue weighted by molar-refractivity contribution is 5.95. The van der Waals surface area contributed by atoms with E-state index in [9.17, 15) is 9.59 Å². The van der Waals surface area contributed by atoms with Crippen molar-refractivity contribution in [2.45, 2.75) is 46.6 Å². The van der Waals surface area contributed by atoms with Gasteiger partial charge in [-0.15, -0.1) is 0 Å². The van der Waals surface area contributed by atoms with Crippen LogP contribution in [0.2, 0.25) is 0 Å². The van der Waals surface area contributed by atoms with Gasteiger partial charge in [-0.3, -0.25) is 20.4 Å². The fourth-order valence-corrected chi connectivity index (χ4v) is 2.63. The first kappa shape index (κ1) is 18.8. The number of amides is 2. The van der Waals surface area contributed by atoms with Gasteiger partial charge in [0.15, 0.2) is 0 Å². The third-order valence-electron chi connectivity index (χ3n) is 4.63. The van der Waals surface area contributed by atoms with E-state index in [2.05, 4.69) is 20.8 Å². The van der Waals surface area contributed by atoms with Gasteiger partial charge in [-0.05, 0) is 58.2 Å². The summed E-state index contributed by atoms with van der Waals surface area (Å²) in [6, 6.07) is 7.07. The number of carbonyl (C=O) groups is 2. The molecular weight excluding hydrogens is 344 g/mol. The fourth-order valence-electron chi connectivity index (χ4n) is 2.63. The van der Waals surface area contributed by atoms with Crippen LogP contribution in [-0.4, -0.2) is 21.8 Å². The minimum Gasteiger partial charge on any atom is -0.469 e. The van der Waals surface area contributed by atoms with Crippen LogP contribution in [0.5, 0.6) is 5.88 Å². The van der Waals surface area contributed by atoms with Crippen molar-refractivity contribution in [2.75, 3.05) is 0 Å². The molecule has 142 valence electrons. The molecule has 1 aliphatic carbocycles. The normalized spacial score (nSPS) is 14.4. The Balaban J connectivity index is 1.62. The van der Waals surface area contributed by atoms with E-state index in [1.807, 2.05) is 39.8 Å². The highest BCUT2D eigenvalue weighted by Crippen LogP contribution is 2.28. The Morgan fingerprint density at radius 3 is 2.37 bits per heavy atom. The van der Waals surface area contributed by atoms with Crippen LogP contribution in [0.3, 0.4) is 0 Å². The van der Waals surface area contributed by atoms with E-state index in [-0.39, 0.29) is 23.8 Å². The molecule has 2 N–H and O–H groups in total. The lowest BCUT2D eigenvalue weighted by Gasteiger charge is -2.17. The van der Waals surface area contributed by atoms with Crippen LogP contribution < -0.4 is 15.6 Å². The van der Waals surface area contributed by atoms with Gasteiger partial charge in [-0.2, -0.15) is 4.98 Å². The molecule has 0 aliphatic heterocycles. The Morgan fingerprint density at radius 2 is 1.74 bits per heavy atom. The Bertz CT molecular complexity index is 860. The maximum absolute atomic E-state index is 12.1. The van der Waals surface area contributed by atoms with Gasteiger partial charge in [0.2, 0.25) is 11.8 Å². The van der Waals surface area contributed by atoms with Crippen LogP contribution in [-0.2, 0) is 4.79 Å². The lowest BCUT2D eigenvalue weighted by Crippen LogP contribution is -2.42. The number of hydrogen-bond donors (Lipinski definition) is 2. The monoisotopic (exact) mass is 368 g/mol. The van der Waals surface area contributed by atoms with E-state index in [4.69, 9.17) is 4.74 Å². The second kappa shape index (κ2) is 7.73. The van der Waals surface area contributed by atoms with E-state index in [1.54, 1.807) is 12.1 Å². The lowest BCUT2D eigenvalue weighted by atomic mass is 10.1. The molecule has 3 rings (SSSR count). The molecule has 1 saturated carbocycles. The van der Waals surface area contributed by atoms with Gasteiger partial charge >= 0.3 is 0 Å². The van der Waals surface area contributed by atoms with E-state index in [0.29, 0.717) is 17.3 Å². The van der Waals surface area contributed by atoms with Crippen LogP contribution in [0.1, 0.15) is 58.9 Å². The number of nitrogens with zero attached hydrogens (tertiary/aromatic N) is 2. The topological polar surface area (TPSA) is 93.2 Å². The second-order valence-corrected chi connectivity index (χ2v) is 6.89. The zero-order valence-corrected chi connectivity index (χ0v) is 16.0. The summed E-state index contributed by atoms with van der Waals surface area (Å²) in [5.41, 5.74) is 8.08. The molecule has 1 aromatic heterocycles. The predicted octanol–water partition coefficient (Wildman–Crippen LogP) is 2.71. The summed E-state index contributed by atoms with van der Waals surface area (Å²) in [5, 5.41) is 0. The Hall–Kier alpha value is -2.96. The van der Waals surface area contributed by atoms with Crippen molar-refractivity contribution >= 4 is 11.8 Å². The summed E-state index contributed by atoms with van der Waals surface area (Å²) in [5.74, 6) is 0.802. The minimum atomic E-state index is -0.345. The summed E-state index contributed by atoms with van der Waals surface area (Å²) in [6.45, 7) is 7.62. The molecule has 2 aromatic rings. The molecule has 27 heavy (non-hydrogen) atoms. The van der Waals surface area contributed by atoms with Crippen LogP contribution in [0.4, 0.5) is 0 Å². The highest BCUT2D eigenvalue weighted by atomic mass is 16.5. The number of carbonyl (C=O) groups excluding carboxylic acids is 2. The van der Waals surface area contributed by atoms with Gasteiger partial charge in [0, 0.05) is 22.7 Å². The maximum Gasteiger partial charge on any atom is 0.269 e. The third-order valence-corrected chi connectivity index (χ3v) is 4.63. The zero-order valence-electron chi connectivity index (χ0n) is 16.0. The molecule has 0 bridgehead atoms. The standard InChI is InChI=1S/C20H24N4O3/c1-11-12(2)21-14(4)22-20(11)27-13(3)15-5-7-16(8-6-15)18(25)23-24-19(26)17-9-10-17/h5-8,13,17H,9-10H2,1-4H3,(H,23,25)(H,24,26)/t13-/m0/s1. The summed E-state index contributed by atoms with van der Waals surface area (Å²) in [7, 11) is 0. The molecule has 0 spiro atoms. The predicted molar refractivity (Wildman–Crippen MR) is 100 cm³/mol. The minimum absolute atomic E-state index is 0.0446. The molecule has 1 fully saturated rings. The van der Waals surface area contributed by atoms with Crippen molar-refractivity contribution in [3.8, 4) is 5.88 Å². The average molecular weight is 368 g/mol. The van der Waals surface area contributed by atoms with E-state index in [0.717, 1.165) is 29.7 Å². The van der Waals surface area contributed by atoms with Crippen molar-refractivity contribution in [1.82, 2.24) is 20.8 Å². The van der Waals surface area contributed by atoms with Crippen LogP contribution in [0, 0.1) is 26.7 Å². The van der Waals surface area contributed by atoms with Gasteiger partial charge < -0.3 is 4.74 Å². The number of hydrogen-bond acceptors (Lipinski definition) is 5. The molecule has 0 unspecified atom stereocenters. The van der Waals surface area contributed by atoms with Crippen LogP contribution in [0.25, 0.3) is 0 Å². The van der Waals surface area contributed by atoms with Crippen molar-refractivity contribution in [2.24, 2.45) is 5.92 Å². The van der Waals surface area contributed by atoms with Gasteiger partial charge in [-0.25, -0.2) is 4.98 Å². The zero-order chi connectivity index (χ0) is 19.6. The molecule has 7 nitrogen and oxygen atoms in total. The smallest absolute Gasteiger partial charge is 0.269 e. The van der Waals surface area contributed by atoms with E-state index in [1.165, 1.54) is 0 Å². The van der Waals surface area contributed by atoms with Gasteiger partial charge in [0.25, 0.3) is 5.91 Å². The first-order valence-corrected chi connectivity index (χ1v) is 9.04. The quantitative estimate of drug-likeness (QED) is 0.792. The lowest BCUT2D eigenvalue weighted by molar-refractivity contribution is -0.123. The number of rotatable bonds is 5. The largest absolute Gasteiger partial charge is 0.469 e.